The van der Waals surface area contributed by atoms with E-state index in [1.807, 2.05) is 13.8 Å². The van der Waals surface area contributed by atoms with Gasteiger partial charge in [-0.3, -0.25) is 0 Å². The van der Waals surface area contributed by atoms with E-state index in [1.54, 1.807) is 20.8 Å². The van der Waals surface area contributed by atoms with Crippen LogP contribution in [0, 0.1) is 6.92 Å². The molecular formula is C16H24N4O6. The van der Waals surface area contributed by atoms with Gasteiger partial charge in [-0.1, -0.05) is 5.16 Å². The van der Waals surface area contributed by atoms with Gasteiger partial charge < -0.3 is 18.7 Å². The zero-order valence-electron chi connectivity index (χ0n) is 15.6. The molecule has 0 fully saturated rings. The summed E-state index contributed by atoms with van der Waals surface area (Å²) in [5, 5.41) is 4.87. The number of carbonyl (C=O) groups is 2. The van der Waals surface area contributed by atoms with Gasteiger partial charge in [0, 0.05) is 0 Å². The number of nitrogens with one attached hydrogen (secondary N) is 1. The summed E-state index contributed by atoms with van der Waals surface area (Å²) in [6, 6.07) is 0. The fourth-order valence-electron chi connectivity index (χ4n) is 2.28. The minimum atomic E-state index is -0.783. The van der Waals surface area contributed by atoms with E-state index >= 15 is 0 Å². The molecule has 144 valence electrons. The monoisotopic (exact) mass is 368 g/mol. The topological polar surface area (TPSA) is 115 Å². The Labute approximate surface area is 151 Å². The lowest BCUT2D eigenvalue weighted by Gasteiger charge is -2.21. The first-order valence-electron chi connectivity index (χ1n) is 8.33. The van der Waals surface area contributed by atoms with Crippen molar-refractivity contribution < 1.29 is 28.3 Å². The van der Waals surface area contributed by atoms with Crippen molar-refractivity contribution in [1.29, 1.82) is 0 Å². The fraction of sp³-hybridized carbons (Fsp3) is 0.625. The summed E-state index contributed by atoms with van der Waals surface area (Å²) in [5.41, 5.74) is 3.08. The number of aliphatic imine (C=N–C) groups is 1. The second-order valence-electron chi connectivity index (χ2n) is 6.20. The molecular weight excluding hydrogens is 344 g/mol. The molecule has 2 rings (SSSR count). The van der Waals surface area contributed by atoms with Gasteiger partial charge in [0.1, 0.15) is 18.7 Å². The van der Waals surface area contributed by atoms with E-state index in [-0.39, 0.29) is 25.3 Å². The van der Waals surface area contributed by atoms with E-state index in [0.29, 0.717) is 29.5 Å². The lowest BCUT2D eigenvalue weighted by Crippen LogP contribution is -2.46. The van der Waals surface area contributed by atoms with E-state index in [9.17, 15) is 9.59 Å². The summed E-state index contributed by atoms with van der Waals surface area (Å²) >= 11 is 0. The van der Waals surface area contributed by atoms with Crippen molar-refractivity contribution in [3.8, 4) is 0 Å². The van der Waals surface area contributed by atoms with Gasteiger partial charge in [0.15, 0.2) is 5.76 Å². The summed E-state index contributed by atoms with van der Waals surface area (Å²) in [5.74, 6) is 0.701. The first kappa shape index (κ1) is 19.5. The molecule has 1 aromatic rings. The lowest BCUT2D eigenvalue weighted by atomic mass is 10.1. The standard InChI is InChI=1S/C16H24N4O6/c1-6-23-14(21)18-20(15(22)24-7-2)8-11-12(10(3)19-26-11)13-17-16(4,5)9-25-13/h6-9H2,1-5H3,(H,18,21). The highest BCUT2D eigenvalue weighted by Gasteiger charge is 2.32. The smallest absolute Gasteiger partial charge is 0.429 e. The van der Waals surface area contributed by atoms with E-state index < -0.39 is 12.2 Å². The Kier molecular flexibility index (Phi) is 6.06. The zero-order chi connectivity index (χ0) is 19.3. The molecule has 0 saturated heterocycles. The molecule has 0 aliphatic carbocycles. The summed E-state index contributed by atoms with van der Waals surface area (Å²) in [7, 11) is 0. The number of hydrazine groups is 1. The van der Waals surface area contributed by atoms with Crippen molar-refractivity contribution in [3.05, 3.63) is 17.0 Å². The van der Waals surface area contributed by atoms with Crippen LogP contribution in [-0.4, -0.2) is 53.6 Å². The van der Waals surface area contributed by atoms with Crippen LogP contribution in [0.15, 0.2) is 9.52 Å². The number of aromatic nitrogens is 1. The van der Waals surface area contributed by atoms with Crippen LogP contribution in [0.4, 0.5) is 9.59 Å². The third-order valence-corrected chi connectivity index (χ3v) is 3.41. The van der Waals surface area contributed by atoms with Crippen molar-refractivity contribution in [3.63, 3.8) is 0 Å². The minimum absolute atomic E-state index is 0.128. The van der Waals surface area contributed by atoms with Crippen LogP contribution in [0.1, 0.15) is 44.7 Å². The van der Waals surface area contributed by atoms with Crippen LogP contribution in [0.5, 0.6) is 0 Å². The van der Waals surface area contributed by atoms with Crippen molar-refractivity contribution in [2.45, 2.75) is 46.7 Å². The molecule has 0 saturated carbocycles. The Morgan fingerprint density at radius 2 is 1.96 bits per heavy atom. The molecule has 26 heavy (non-hydrogen) atoms. The quantitative estimate of drug-likeness (QED) is 0.792. The molecule has 0 bridgehead atoms. The Morgan fingerprint density at radius 3 is 2.54 bits per heavy atom. The number of amides is 2. The Bertz CT molecular complexity index is 697. The number of carbonyl (C=O) groups excluding carboxylic acids is 2. The number of nitrogens with zero attached hydrogens (tertiary/aromatic N) is 3. The van der Waals surface area contributed by atoms with Crippen molar-refractivity contribution in [2.75, 3.05) is 19.8 Å². The number of aryl methyl sites for hydroxylation is 1. The maximum Gasteiger partial charge on any atom is 0.429 e. The highest BCUT2D eigenvalue weighted by atomic mass is 16.6. The van der Waals surface area contributed by atoms with Crippen LogP contribution in [0.3, 0.4) is 0 Å². The maximum atomic E-state index is 12.1. The highest BCUT2D eigenvalue weighted by Crippen LogP contribution is 2.25. The Balaban J connectivity index is 2.25. The molecule has 0 spiro atoms. The summed E-state index contributed by atoms with van der Waals surface area (Å²) < 4.78 is 20.7. The molecule has 10 heteroatoms. The third kappa shape index (κ3) is 4.64. The van der Waals surface area contributed by atoms with Crippen molar-refractivity contribution >= 4 is 18.1 Å². The first-order valence-corrected chi connectivity index (χ1v) is 8.33. The molecule has 0 atom stereocenters. The molecule has 1 aromatic heterocycles. The Morgan fingerprint density at radius 1 is 1.27 bits per heavy atom. The van der Waals surface area contributed by atoms with Crippen LogP contribution in [-0.2, 0) is 20.8 Å². The van der Waals surface area contributed by atoms with Gasteiger partial charge >= 0.3 is 12.2 Å². The molecule has 1 aliphatic heterocycles. The summed E-state index contributed by atoms with van der Waals surface area (Å²) in [6.07, 6.45) is -1.54. The molecule has 10 nitrogen and oxygen atoms in total. The Hall–Kier alpha value is -2.78. The second-order valence-corrected chi connectivity index (χ2v) is 6.20. The van der Waals surface area contributed by atoms with Crippen molar-refractivity contribution in [1.82, 2.24) is 15.6 Å². The van der Waals surface area contributed by atoms with Gasteiger partial charge in [-0.25, -0.2) is 25.0 Å². The average molecular weight is 368 g/mol. The molecule has 1 aliphatic rings. The van der Waals surface area contributed by atoms with Gasteiger partial charge in [0.25, 0.3) is 0 Å². The molecule has 0 unspecified atom stereocenters. The predicted molar refractivity (Wildman–Crippen MR) is 90.5 cm³/mol. The van der Waals surface area contributed by atoms with Gasteiger partial charge in [0.05, 0.1) is 24.4 Å². The molecule has 1 N–H and O–H groups in total. The molecule has 2 amide bonds. The maximum absolute atomic E-state index is 12.1. The predicted octanol–water partition coefficient (Wildman–Crippen LogP) is 2.16. The molecule has 2 heterocycles. The van der Waals surface area contributed by atoms with E-state index in [2.05, 4.69) is 15.6 Å². The number of ether oxygens (including phenoxy) is 3. The van der Waals surface area contributed by atoms with E-state index in [4.69, 9.17) is 18.7 Å². The van der Waals surface area contributed by atoms with Crippen LogP contribution in [0.25, 0.3) is 0 Å². The van der Waals surface area contributed by atoms with Gasteiger partial charge in [0.2, 0.25) is 5.90 Å². The van der Waals surface area contributed by atoms with Crippen LogP contribution < -0.4 is 5.43 Å². The molecule has 0 aromatic carbocycles. The van der Waals surface area contributed by atoms with Gasteiger partial charge in [-0.05, 0) is 34.6 Å². The zero-order valence-corrected chi connectivity index (χ0v) is 15.6. The average Bonchev–Trinajstić information content (AvgIpc) is 3.09. The number of hydrogen-bond donors (Lipinski definition) is 1. The first-order chi connectivity index (χ1) is 12.3. The van der Waals surface area contributed by atoms with E-state index in [1.165, 1.54) is 0 Å². The van der Waals surface area contributed by atoms with E-state index in [0.717, 1.165) is 5.01 Å². The van der Waals surface area contributed by atoms with Gasteiger partial charge in [-0.15, -0.1) is 0 Å². The summed E-state index contributed by atoms with van der Waals surface area (Å²) in [4.78, 5) is 28.4. The van der Waals surface area contributed by atoms with Crippen LogP contribution in [0.2, 0.25) is 0 Å². The number of rotatable bonds is 5. The number of hydrogen-bond acceptors (Lipinski definition) is 8. The largest absolute Gasteiger partial charge is 0.475 e. The van der Waals surface area contributed by atoms with Gasteiger partial charge in [-0.2, -0.15) is 0 Å². The van der Waals surface area contributed by atoms with Crippen molar-refractivity contribution in [2.24, 2.45) is 4.99 Å². The summed E-state index contributed by atoms with van der Waals surface area (Å²) in [6.45, 7) is 9.54. The minimum Gasteiger partial charge on any atom is -0.475 e. The SMILES string of the molecule is CCOC(=O)NN(Cc1onc(C)c1C1=NC(C)(C)CO1)C(=O)OCC. The third-order valence-electron chi connectivity index (χ3n) is 3.41. The van der Waals surface area contributed by atoms with Crippen LogP contribution >= 0.6 is 0 Å². The lowest BCUT2D eigenvalue weighted by molar-refractivity contribution is 0.0673. The normalized spacial score (nSPS) is 15.0. The second kappa shape index (κ2) is 8.07. The molecule has 0 radical (unpaired) electrons. The highest BCUT2D eigenvalue weighted by molar-refractivity contribution is 5.97. The fourth-order valence-corrected chi connectivity index (χ4v) is 2.28.